The molecule has 8 heteroatoms. The van der Waals surface area contributed by atoms with Crippen LogP contribution in [0.15, 0.2) is 67.0 Å². The van der Waals surface area contributed by atoms with Crippen molar-refractivity contribution >= 4 is 28.1 Å². The molecule has 7 nitrogen and oxygen atoms in total. The molecule has 3 heterocycles. The van der Waals surface area contributed by atoms with Crippen LogP contribution in [0, 0.1) is 0 Å². The van der Waals surface area contributed by atoms with Crippen LogP contribution in [0.25, 0.3) is 22.0 Å². The van der Waals surface area contributed by atoms with Gasteiger partial charge < -0.3 is 14.2 Å². The number of anilines is 2. The smallest absolute Gasteiger partial charge is 0.257 e. The number of carbonyl (C=O) groups excluding carboxylic acids is 1. The first kappa shape index (κ1) is 20.4. The highest BCUT2D eigenvalue weighted by Gasteiger charge is 2.20. The Kier molecular flexibility index (Phi) is 5.70. The summed E-state index contributed by atoms with van der Waals surface area (Å²) in [7, 11) is 1.95. The number of nitrogens with one attached hydrogen (secondary N) is 1. The van der Waals surface area contributed by atoms with Crippen molar-refractivity contribution in [3.8, 4) is 22.0 Å². The monoisotopic (exact) mass is 445 g/mol. The molecule has 0 atom stereocenters. The zero-order chi connectivity index (χ0) is 21.9. The molecular weight excluding hydrogens is 422 g/mol. The number of aryl methyl sites for hydroxylation is 1. The number of thiazole rings is 1. The van der Waals surface area contributed by atoms with Crippen LogP contribution in [0.5, 0.6) is 0 Å². The van der Waals surface area contributed by atoms with Crippen molar-refractivity contribution < 1.29 is 9.53 Å². The number of hydrogen-bond acceptors (Lipinski definition) is 6. The quantitative estimate of drug-likeness (QED) is 0.496. The first-order valence-electron chi connectivity index (χ1n) is 10.5. The van der Waals surface area contributed by atoms with Gasteiger partial charge in [0.2, 0.25) is 0 Å². The summed E-state index contributed by atoms with van der Waals surface area (Å²) in [6, 6.07) is 17.6. The first-order valence-corrected chi connectivity index (χ1v) is 11.3. The molecule has 1 saturated heterocycles. The van der Waals surface area contributed by atoms with Gasteiger partial charge in [0, 0.05) is 49.3 Å². The fourth-order valence-corrected chi connectivity index (χ4v) is 4.74. The Morgan fingerprint density at radius 3 is 2.50 bits per heavy atom. The third-order valence-corrected chi connectivity index (χ3v) is 6.39. The molecule has 1 N–H and O–H groups in total. The predicted octanol–water partition coefficient (Wildman–Crippen LogP) is 4.30. The highest BCUT2D eigenvalue weighted by atomic mass is 32.1. The lowest BCUT2D eigenvalue weighted by molar-refractivity contribution is 0.102. The summed E-state index contributed by atoms with van der Waals surface area (Å²) in [5.74, 6) is 0.634. The molecule has 0 radical (unpaired) electrons. The molecule has 5 rings (SSSR count). The van der Waals surface area contributed by atoms with Gasteiger partial charge in [0.25, 0.3) is 5.91 Å². The third kappa shape index (κ3) is 4.15. The van der Waals surface area contributed by atoms with Crippen molar-refractivity contribution in [2.75, 3.05) is 36.5 Å². The first-order chi connectivity index (χ1) is 15.7. The van der Waals surface area contributed by atoms with Gasteiger partial charge in [-0.1, -0.05) is 41.7 Å². The second kappa shape index (κ2) is 8.94. The van der Waals surface area contributed by atoms with E-state index in [2.05, 4.69) is 15.2 Å². The molecule has 2 aromatic heterocycles. The molecule has 0 saturated carbocycles. The normalized spacial score (nSPS) is 13.8. The molecule has 0 unspecified atom stereocenters. The fraction of sp³-hybridized carbons (Fsp3) is 0.208. The van der Waals surface area contributed by atoms with Gasteiger partial charge in [-0.05, 0) is 24.3 Å². The van der Waals surface area contributed by atoms with Crippen LogP contribution in [0.3, 0.4) is 0 Å². The number of amides is 1. The Balaban J connectivity index is 1.40. The van der Waals surface area contributed by atoms with E-state index in [4.69, 9.17) is 9.72 Å². The average molecular weight is 446 g/mol. The summed E-state index contributed by atoms with van der Waals surface area (Å²) in [6.07, 6.45) is 3.66. The van der Waals surface area contributed by atoms with E-state index in [1.165, 1.54) is 11.3 Å². The molecule has 1 fully saturated rings. The second-order valence-corrected chi connectivity index (χ2v) is 8.52. The SMILES string of the molecule is Cn1ccnc1-c1sc(NC(=O)c2ccc(N3CCOCC3)cc2)nc1-c1ccccc1. The van der Waals surface area contributed by atoms with E-state index in [1.54, 1.807) is 6.20 Å². The zero-order valence-corrected chi connectivity index (χ0v) is 18.5. The lowest BCUT2D eigenvalue weighted by atomic mass is 10.1. The number of hydrogen-bond donors (Lipinski definition) is 1. The number of morpholine rings is 1. The van der Waals surface area contributed by atoms with Crippen LogP contribution in [0.2, 0.25) is 0 Å². The maximum absolute atomic E-state index is 12.9. The lowest BCUT2D eigenvalue weighted by Crippen LogP contribution is -2.36. The van der Waals surface area contributed by atoms with Gasteiger partial charge in [-0.2, -0.15) is 0 Å². The van der Waals surface area contributed by atoms with Crippen molar-refractivity contribution in [1.82, 2.24) is 14.5 Å². The van der Waals surface area contributed by atoms with Gasteiger partial charge in [0.15, 0.2) is 11.0 Å². The third-order valence-electron chi connectivity index (χ3n) is 5.42. The van der Waals surface area contributed by atoms with Gasteiger partial charge in [-0.25, -0.2) is 9.97 Å². The molecule has 162 valence electrons. The molecule has 0 bridgehead atoms. The number of carbonyl (C=O) groups is 1. The molecule has 1 amide bonds. The van der Waals surface area contributed by atoms with Crippen LogP contribution in [-0.2, 0) is 11.8 Å². The number of rotatable bonds is 5. The number of benzene rings is 2. The topological polar surface area (TPSA) is 72.3 Å². The van der Waals surface area contributed by atoms with Gasteiger partial charge in [0.05, 0.1) is 23.8 Å². The Labute approximate surface area is 190 Å². The van der Waals surface area contributed by atoms with Crippen LogP contribution >= 0.6 is 11.3 Å². The van der Waals surface area contributed by atoms with Gasteiger partial charge in [-0.15, -0.1) is 0 Å². The Hall–Kier alpha value is -3.49. The van der Waals surface area contributed by atoms with Crippen molar-refractivity contribution in [3.05, 3.63) is 72.6 Å². The summed E-state index contributed by atoms with van der Waals surface area (Å²) in [6.45, 7) is 3.19. The minimum absolute atomic E-state index is 0.182. The van der Waals surface area contributed by atoms with Crippen molar-refractivity contribution in [1.29, 1.82) is 0 Å². The predicted molar refractivity (Wildman–Crippen MR) is 127 cm³/mol. The maximum Gasteiger partial charge on any atom is 0.257 e. The molecule has 1 aliphatic heterocycles. The molecule has 0 aliphatic carbocycles. The van der Waals surface area contributed by atoms with Crippen molar-refractivity contribution in [2.24, 2.45) is 7.05 Å². The minimum Gasteiger partial charge on any atom is -0.378 e. The summed E-state index contributed by atoms with van der Waals surface area (Å²) in [4.78, 5) is 25.3. The molecule has 2 aromatic carbocycles. The summed E-state index contributed by atoms with van der Waals surface area (Å²) < 4.78 is 7.36. The van der Waals surface area contributed by atoms with E-state index in [0.717, 1.165) is 53.9 Å². The van der Waals surface area contributed by atoms with Crippen molar-refractivity contribution in [2.45, 2.75) is 0 Å². The fourth-order valence-electron chi connectivity index (χ4n) is 3.72. The van der Waals surface area contributed by atoms with Gasteiger partial charge in [-0.3, -0.25) is 10.1 Å². The van der Waals surface area contributed by atoms with E-state index in [-0.39, 0.29) is 5.91 Å². The van der Waals surface area contributed by atoms with E-state index >= 15 is 0 Å². The average Bonchev–Trinajstić information content (AvgIpc) is 3.46. The Bertz CT molecular complexity index is 1210. The number of nitrogens with zero attached hydrogens (tertiary/aromatic N) is 4. The summed E-state index contributed by atoms with van der Waals surface area (Å²) in [5.41, 5.74) is 3.49. The molecule has 32 heavy (non-hydrogen) atoms. The Morgan fingerprint density at radius 1 is 1.06 bits per heavy atom. The van der Waals surface area contributed by atoms with Crippen LogP contribution < -0.4 is 10.2 Å². The van der Waals surface area contributed by atoms with E-state index < -0.39 is 0 Å². The summed E-state index contributed by atoms with van der Waals surface area (Å²) in [5, 5.41) is 3.51. The number of ether oxygens (including phenoxy) is 1. The van der Waals surface area contributed by atoms with Gasteiger partial charge >= 0.3 is 0 Å². The highest BCUT2D eigenvalue weighted by Crippen LogP contribution is 2.38. The zero-order valence-electron chi connectivity index (χ0n) is 17.7. The standard InChI is InChI=1S/C24H23N5O2S/c1-28-12-11-25-22(28)21-20(17-5-3-2-4-6-17)26-24(32-21)27-23(30)18-7-9-19(10-8-18)29-13-15-31-16-14-29/h2-12H,13-16H2,1H3,(H,26,27,30). The molecule has 1 aliphatic rings. The van der Waals surface area contributed by atoms with Crippen LogP contribution in [0.4, 0.5) is 10.8 Å². The van der Waals surface area contributed by atoms with Crippen molar-refractivity contribution in [3.63, 3.8) is 0 Å². The molecule has 4 aromatic rings. The molecule has 0 spiro atoms. The highest BCUT2D eigenvalue weighted by molar-refractivity contribution is 7.19. The maximum atomic E-state index is 12.9. The number of aromatic nitrogens is 3. The lowest BCUT2D eigenvalue weighted by Gasteiger charge is -2.28. The number of imidazole rings is 1. The largest absolute Gasteiger partial charge is 0.378 e. The van der Waals surface area contributed by atoms with Crippen LogP contribution in [-0.4, -0.2) is 46.7 Å². The molecular formula is C24H23N5O2S. The van der Waals surface area contributed by atoms with E-state index in [1.807, 2.05) is 72.4 Å². The van der Waals surface area contributed by atoms with E-state index in [0.29, 0.717) is 10.7 Å². The van der Waals surface area contributed by atoms with E-state index in [9.17, 15) is 4.79 Å². The van der Waals surface area contributed by atoms with Crippen LogP contribution in [0.1, 0.15) is 10.4 Å². The second-order valence-electron chi connectivity index (χ2n) is 7.52. The van der Waals surface area contributed by atoms with Gasteiger partial charge in [0.1, 0.15) is 0 Å². The minimum atomic E-state index is -0.182. The Morgan fingerprint density at radius 2 is 1.81 bits per heavy atom. The summed E-state index contributed by atoms with van der Waals surface area (Å²) >= 11 is 1.43.